The van der Waals surface area contributed by atoms with Crippen LogP contribution < -0.4 is 5.32 Å². The van der Waals surface area contributed by atoms with E-state index in [0.29, 0.717) is 0 Å². The highest BCUT2D eigenvalue weighted by atomic mass is 15.1. The lowest BCUT2D eigenvalue weighted by molar-refractivity contribution is 0.420. The third-order valence-corrected chi connectivity index (χ3v) is 3.75. The molecule has 0 atom stereocenters. The van der Waals surface area contributed by atoms with Crippen LogP contribution in [0.1, 0.15) is 50.7 Å². The largest absolute Gasteiger partial charge is 0.306 e. The van der Waals surface area contributed by atoms with Gasteiger partial charge in [-0.2, -0.15) is 0 Å². The Morgan fingerprint density at radius 3 is 2.81 bits per heavy atom. The first-order valence-corrected chi connectivity index (χ1v) is 7.64. The monoisotopic (exact) mass is 285 g/mol. The number of rotatable bonds is 3. The molecule has 2 aromatic heterocycles. The molecule has 1 aliphatic carbocycles. The maximum atomic E-state index is 4.72. The van der Waals surface area contributed by atoms with E-state index in [1.165, 1.54) is 24.2 Å². The minimum Gasteiger partial charge on any atom is -0.306 e. The van der Waals surface area contributed by atoms with Crippen LogP contribution in [0.2, 0.25) is 0 Å². The predicted octanol–water partition coefficient (Wildman–Crippen LogP) is 2.43. The summed E-state index contributed by atoms with van der Waals surface area (Å²) >= 11 is 0. The molecule has 1 N–H and O–H groups in total. The van der Waals surface area contributed by atoms with Gasteiger partial charge in [0, 0.05) is 24.0 Å². The van der Waals surface area contributed by atoms with Gasteiger partial charge < -0.3 is 5.32 Å². The van der Waals surface area contributed by atoms with Crippen molar-refractivity contribution in [3.8, 4) is 5.82 Å². The van der Waals surface area contributed by atoms with E-state index in [-0.39, 0.29) is 5.54 Å². The van der Waals surface area contributed by atoms with Crippen molar-refractivity contribution in [1.29, 1.82) is 0 Å². The third-order valence-electron chi connectivity index (χ3n) is 3.75. The Balaban J connectivity index is 1.84. The number of hydrogen-bond acceptors (Lipinski definition) is 4. The first-order chi connectivity index (χ1) is 10.0. The van der Waals surface area contributed by atoms with Crippen LogP contribution in [-0.2, 0) is 19.4 Å². The lowest BCUT2D eigenvalue weighted by Crippen LogP contribution is -2.35. The van der Waals surface area contributed by atoms with E-state index >= 15 is 0 Å². The van der Waals surface area contributed by atoms with Gasteiger partial charge in [-0.15, -0.1) is 0 Å². The molecular weight excluding hydrogens is 262 g/mol. The van der Waals surface area contributed by atoms with Gasteiger partial charge in [-0.1, -0.05) is 0 Å². The van der Waals surface area contributed by atoms with Crippen LogP contribution >= 0.6 is 0 Å². The second-order valence-corrected chi connectivity index (χ2v) is 6.69. The molecule has 1 aliphatic rings. The van der Waals surface area contributed by atoms with Gasteiger partial charge in [0.25, 0.3) is 0 Å². The van der Waals surface area contributed by atoms with Crippen molar-refractivity contribution in [3.05, 3.63) is 35.8 Å². The van der Waals surface area contributed by atoms with E-state index in [1.54, 1.807) is 0 Å². The van der Waals surface area contributed by atoms with Gasteiger partial charge in [0.1, 0.15) is 6.33 Å². The number of aryl methyl sites for hydroxylation is 1. The van der Waals surface area contributed by atoms with Crippen molar-refractivity contribution >= 4 is 0 Å². The van der Waals surface area contributed by atoms with Crippen LogP contribution in [0.25, 0.3) is 5.82 Å². The van der Waals surface area contributed by atoms with Crippen LogP contribution in [0.4, 0.5) is 0 Å². The molecule has 0 radical (unpaired) electrons. The summed E-state index contributed by atoms with van der Waals surface area (Å²) in [5, 5.41) is 3.45. The molecule has 5 nitrogen and oxygen atoms in total. The number of nitrogens with zero attached hydrogens (tertiary/aromatic N) is 4. The van der Waals surface area contributed by atoms with Crippen molar-refractivity contribution in [2.24, 2.45) is 0 Å². The van der Waals surface area contributed by atoms with Gasteiger partial charge in [0.2, 0.25) is 0 Å². The minimum atomic E-state index is 0.0753. The summed E-state index contributed by atoms with van der Waals surface area (Å²) in [5.74, 6) is 0.874. The molecule has 0 unspecified atom stereocenters. The van der Waals surface area contributed by atoms with Crippen LogP contribution in [0.15, 0.2) is 18.7 Å². The highest BCUT2D eigenvalue weighted by molar-refractivity contribution is 5.28. The first kappa shape index (κ1) is 14.2. The smallest absolute Gasteiger partial charge is 0.156 e. The molecule has 3 rings (SSSR count). The first-order valence-electron chi connectivity index (χ1n) is 7.64. The van der Waals surface area contributed by atoms with E-state index < -0.39 is 0 Å². The molecule has 0 aliphatic heterocycles. The number of hydrogen-bond donors (Lipinski definition) is 1. The quantitative estimate of drug-likeness (QED) is 0.941. The van der Waals surface area contributed by atoms with E-state index in [9.17, 15) is 0 Å². The van der Waals surface area contributed by atoms with Crippen molar-refractivity contribution in [2.75, 3.05) is 0 Å². The van der Waals surface area contributed by atoms with Gasteiger partial charge >= 0.3 is 0 Å². The lowest BCUT2D eigenvalue weighted by atomic mass is 10.0. The Morgan fingerprint density at radius 2 is 2.00 bits per heavy atom. The summed E-state index contributed by atoms with van der Waals surface area (Å²) in [6, 6.07) is 0. The minimum absolute atomic E-state index is 0.0753. The number of nitrogens with one attached hydrogen (secondary N) is 1. The molecule has 0 bridgehead atoms. The summed E-state index contributed by atoms with van der Waals surface area (Å²) in [4.78, 5) is 13.6. The fourth-order valence-electron chi connectivity index (χ4n) is 2.62. The van der Waals surface area contributed by atoms with Crippen molar-refractivity contribution in [3.63, 3.8) is 0 Å². The van der Waals surface area contributed by atoms with Gasteiger partial charge in [0.05, 0.1) is 17.6 Å². The summed E-state index contributed by atoms with van der Waals surface area (Å²) in [7, 11) is 0. The SMILES string of the molecule is CC(C)(C)NCc1cncc(-n2cnc3c2CCCC3)n1. The molecule has 0 fully saturated rings. The molecular formula is C16H23N5. The second kappa shape index (κ2) is 5.56. The van der Waals surface area contributed by atoms with E-state index in [1.807, 2.05) is 18.7 Å². The molecule has 0 amide bonds. The zero-order chi connectivity index (χ0) is 14.9. The van der Waals surface area contributed by atoms with Crippen LogP contribution in [0, 0.1) is 0 Å². The topological polar surface area (TPSA) is 55.6 Å². The molecule has 0 saturated carbocycles. The number of imidazole rings is 1. The van der Waals surface area contributed by atoms with Crippen LogP contribution in [0.3, 0.4) is 0 Å². The molecule has 5 heteroatoms. The van der Waals surface area contributed by atoms with Crippen LogP contribution in [0.5, 0.6) is 0 Å². The van der Waals surface area contributed by atoms with Gasteiger partial charge in [0.15, 0.2) is 5.82 Å². The zero-order valence-corrected chi connectivity index (χ0v) is 13.1. The van der Waals surface area contributed by atoms with Gasteiger partial charge in [-0.05, 0) is 46.5 Å². The normalized spacial score (nSPS) is 15.0. The Hall–Kier alpha value is -1.75. The standard InChI is InChI=1S/C16H23N5/c1-16(2,3)19-9-12-8-17-10-15(20-12)21-11-18-13-6-4-5-7-14(13)21/h8,10-11,19H,4-7,9H2,1-3H3. The average molecular weight is 285 g/mol. The Labute approximate surface area is 125 Å². The predicted molar refractivity (Wildman–Crippen MR) is 82.4 cm³/mol. The van der Waals surface area contributed by atoms with Crippen LogP contribution in [-0.4, -0.2) is 25.1 Å². The summed E-state index contributed by atoms with van der Waals surface area (Å²) in [6.45, 7) is 7.17. The highest BCUT2D eigenvalue weighted by Crippen LogP contribution is 2.22. The fourth-order valence-corrected chi connectivity index (χ4v) is 2.62. The van der Waals surface area contributed by atoms with E-state index in [0.717, 1.165) is 30.9 Å². The van der Waals surface area contributed by atoms with Crippen molar-refractivity contribution in [2.45, 2.75) is 58.5 Å². The van der Waals surface area contributed by atoms with Gasteiger partial charge in [-0.25, -0.2) is 9.97 Å². The molecule has 0 aromatic carbocycles. The average Bonchev–Trinajstić information content (AvgIpc) is 2.89. The molecule has 21 heavy (non-hydrogen) atoms. The van der Waals surface area contributed by atoms with E-state index in [4.69, 9.17) is 4.98 Å². The van der Waals surface area contributed by atoms with E-state index in [2.05, 4.69) is 40.6 Å². The molecule has 0 saturated heterocycles. The summed E-state index contributed by atoms with van der Waals surface area (Å²) in [6.07, 6.45) is 10.2. The van der Waals surface area contributed by atoms with Crippen molar-refractivity contribution < 1.29 is 0 Å². The fraction of sp³-hybridized carbons (Fsp3) is 0.562. The van der Waals surface area contributed by atoms with Gasteiger partial charge in [-0.3, -0.25) is 9.55 Å². The zero-order valence-electron chi connectivity index (χ0n) is 13.1. The Morgan fingerprint density at radius 1 is 1.19 bits per heavy atom. The van der Waals surface area contributed by atoms with Crippen molar-refractivity contribution in [1.82, 2.24) is 24.8 Å². The lowest BCUT2D eigenvalue weighted by Gasteiger charge is -2.20. The molecule has 112 valence electrons. The molecule has 2 heterocycles. The molecule has 2 aromatic rings. The highest BCUT2D eigenvalue weighted by Gasteiger charge is 2.17. The number of fused-ring (bicyclic) bond motifs is 1. The Bertz CT molecular complexity index is 624. The third kappa shape index (κ3) is 3.29. The summed E-state index contributed by atoms with van der Waals surface area (Å²) < 4.78 is 2.10. The maximum absolute atomic E-state index is 4.72. The second-order valence-electron chi connectivity index (χ2n) is 6.69. The number of aromatic nitrogens is 4. The summed E-state index contributed by atoms with van der Waals surface area (Å²) in [5.41, 5.74) is 3.56. The maximum Gasteiger partial charge on any atom is 0.156 e. The molecule has 0 spiro atoms. The Kier molecular flexibility index (Phi) is 3.76.